The number of rotatable bonds is 6. The Morgan fingerprint density at radius 1 is 1.29 bits per heavy atom. The van der Waals surface area contributed by atoms with Gasteiger partial charge in [-0.15, -0.1) is 0 Å². The van der Waals surface area contributed by atoms with Crippen molar-refractivity contribution in [3.05, 3.63) is 29.8 Å². The lowest BCUT2D eigenvalue weighted by Crippen LogP contribution is -2.32. The molecule has 1 atom stereocenters. The monoisotopic (exact) mass is 256 g/mol. The zero-order valence-corrected chi connectivity index (χ0v) is 11.3. The molecule has 0 saturated heterocycles. The molecule has 0 bridgehead atoms. The number of nitrogens with one attached hydrogen (secondary N) is 2. The number of benzene rings is 1. The molecular formula is C12H20N2O2S. The minimum Gasteiger partial charge on any atom is -0.316 e. The maximum Gasteiger partial charge on any atom is 0.241 e. The average Bonchev–Trinajstić information content (AvgIpc) is 2.29. The van der Waals surface area contributed by atoms with Crippen LogP contribution in [0.4, 0.5) is 0 Å². The van der Waals surface area contributed by atoms with Crippen molar-refractivity contribution in [2.45, 2.75) is 37.8 Å². The molecule has 0 heterocycles. The molecule has 0 spiro atoms. The van der Waals surface area contributed by atoms with E-state index in [-0.39, 0.29) is 6.04 Å². The first-order valence-corrected chi connectivity index (χ1v) is 7.24. The van der Waals surface area contributed by atoms with Crippen molar-refractivity contribution in [3.63, 3.8) is 0 Å². The third-order valence-electron chi connectivity index (χ3n) is 2.60. The van der Waals surface area contributed by atoms with Gasteiger partial charge in [-0.1, -0.05) is 25.1 Å². The zero-order valence-electron chi connectivity index (χ0n) is 10.5. The van der Waals surface area contributed by atoms with Crippen molar-refractivity contribution >= 4 is 10.0 Å². The Kier molecular flexibility index (Phi) is 5.11. The summed E-state index contributed by atoms with van der Waals surface area (Å²) in [6, 6.07) is 6.99. The normalized spacial score (nSPS) is 13.6. The Morgan fingerprint density at radius 2 is 1.94 bits per heavy atom. The van der Waals surface area contributed by atoms with Gasteiger partial charge in [0.05, 0.1) is 4.90 Å². The first-order chi connectivity index (χ1) is 8.01. The minimum atomic E-state index is -3.41. The molecule has 1 aromatic rings. The van der Waals surface area contributed by atoms with Gasteiger partial charge in [0.25, 0.3) is 0 Å². The number of hydrogen-bond donors (Lipinski definition) is 2. The lowest BCUT2D eigenvalue weighted by atomic mass is 10.2. The maximum atomic E-state index is 12.2. The molecule has 96 valence electrons. The molecule has 0 aliphatic carbocycles. The molecule has 4 nitrogen and oxygen atoms in total. The fraction of sp³-hybridized carbons (Fsp3) is 0.500. The van der Waals surface area contributed by atoms with E-state index in [4.69, 9.17) is 0 Å². The van der Waals surface area contributed by atoms with Crippen LogP contribution in [-0.4, -0.2) is 21.5 Å². The Hall–Kier alpha value is -0.910. The fourth-order valence-electron chi connectivity index (χ4n) is 1.51. The molecule has 1 aromatic carbocycles. The highest BCUT2D eigenvalue weighted by atomic mass is 32.2. The number of sulfonamides is 1. The van der Waals surface area contributed by atoms with Crippen LogP contribution in [0.15, 0.2) is 29.2 Å². The molecule has 0 aliphatic heterocycles. The molecule has 17 heavy (non-hydrogen) atoms. The van der Waals surface area contributed by atoms with Crippen molar-refractivity contribution in [2.75, 3.05) is 7.05 Å². The van der Waals surface area contributed by atoms with Crippen molar-refractivity contribution in [2.24, 2.45) is 0 Å². The molecule has 0 saturated carbocycles. The van der Waals surface area contributed by atoms with Crippen LogP contribution in [-0.2, 0) is 16.6 Å². The molecule has 2 N–H and O–H groups in total. The van der Waals surface area contributed by atoms with Gasteiger partial charge in [-0.3, -0.25) is 0 Å². The van der Waals surface area contributed by atoms with E-state index in [0.29, 0.717) is 11.4 Å². The van der Waals surface area contributed by atoms with E-state index < -0.39 is 10.0 Å². The SMILES string of the molecule is CCC(C)NS(=O)(=O)c1ccccc1CNC. The Morgan fingerprint density at radius 3 is 2.53 bits per heavy atom. The van der Waals surface area contributed by atoms with Crippen molar-refractivity contribution in [1.82, 2.24) is 10.0 Å². The maximum absolute atomic E-state index is 12.2. The van der Waals surface area contributed by atoms with Crippen LogP contribution < -0.4 is 10.0 Å². The smallest absolute Gasteiger partial charge is 0.241 e. The molecule has 0 amide bonds. The molecule has 1 unspecified atom stereocenters. The van der Waals surface area contributed by atoms with E-state index in [1.165, 1.54) is 0 Å². The average molecular weight is 256 g/mol. The van der Waals surface area contributed by atoms with Gasteiger partial charge in [-0.25, -0.2) is 13.1 Å². The van der Waals surface area contributed by atoms with Crippen LogP contribution in [0.25, 0.3) is 0 Å². The largest absolute Gasteiger partial charge is 0.316 e. The highest BCUT2D eigenvalue weighted by Crippen LogP contribution is 2.15. The third kappa shape index (κ3) is 3.80. The lowest BCUT2D eigenvalue weighted by molar-refractivity contribution is 0.554. The quantitative estimate of drug-likeness (QED) is 0.810. The predicted octanol–water partition coefficient (Wildman–Crippen LogP) is 1.48. The highest BCUT2D eigenvalue weighted by molar-refractivity contribution is 7.89. The second-order valence-corrected chi connectivity index (χ2v) is 5.75. The molecular weight excluding hydrogens is 236 g/mol. The zero-order chi connectivity index (χ0) is 12.9. The van der Waals surface area contributed by atoms with Gasteiger partial charge < -0.3 is 5.32 Å². The van der Waals surface area contributed by atoms with E-state index in [2.05, 4.69) is 10.0 Å². The molecule has 0 fully saturated rings. The van der Waals surface area contributed by atoms with Gasteiger partial charge in [-0.2, -0.15) is 0 Å². The molecule has 0 aliphatic rings. The van der Waals surface area contributed by atoms with Crippen LogP contribution in [0, 0.1) is 0 Å². The standard InChI is InChI=1S/C12H20N2O2S/c1-4-10(2)14-17(15,16)12-8-6-5-7-11(12)9-13-3/h5-8,10,13-14H,4,9H2,1-3H3. The van der Waals surface area contributed by atoms with Crippen LogP contribution >= 0.6 is 0 Å². The van der Waals surface area contributed by atoms with E-state index in [9.17, 15) is 8.42 Å². The summed E-state index contributed by atoms with van der Waals surface area (Å²) in [5.74, 6) is 0. The summed E-state index contributed by atoms with van der Waals surface area (Å²) in [6.45, 7) is 4.35. The Labute approximate surface area is 103 Å². The van der Waals surface area contributed by atoms with Gasteiger partial charge in [0.2, 0.25) is 10.0 Å². The van der Waals surface area contributed by atoms with Crippen LogP contribution in [0.3, 0.4) is 0 Å². The second kappa shape index (κ2) is 6.14. The Bertz CT molecular complexity index is 457. The first kappa shape index (κ1) is 14.2. The van der Waals surface area contributed by atoms with Gasteiger partial charge in [-0.05, 0) is 32.0 Å². The highest BCUT2D eigenvalue weighted by Gasteiger charge is 2.19. The topological polar surface area (TPSA) is 58.2 Å². The summed E-state index contributed by atoms with van der Waals surface area (Å²) in [5.41, 5.74) is 0.783. The summed E-state index contributed by atoms with van der Waals surface area (Å²) in [7, 11) is -1.62. The van der Waals surface area contributed by atoms with Gasteiger partial charge >= 0.3 is 0 Å². The first-order valence-electron chi connectivity index (χ1n) is 5.76. The van der Waals surface area contributed by atoms with Crippen molar-refractivity contribution < 1.29 is 8.42 Å². The predicted molar refractivity (Wildman–Crippen MR) is 69.3 cm³/mol. The summed E-state index contributed by atoms with van der Waals surface area (Å²) in [4.78, 5) is 0.356. The van der Waals surface area contributed by atoms with Gasteiger partial charge in [0.1, 0.15) is 0 Å². The third-order valence-corrected chi connectivity index (χ3v) is 4.29. The van der Waals surface area contributed by atoms with Crippen LogP contribution in [0.5, 0.6) is 0 Å². The van der Waals surface area contributed by atoms with Crippen LogP contribution in [0.2, 0.25) is 0 Å². The molecule has 1 rings (SSSR count). The van der Waals surface area contributed by atoms with Gasteiger partial charge in [0.15, 0.2) is 0 Å². The Balaban J connectivity index is 3.06. The lowest BCUT2D eigenvalue weighted by Gasteiger charge is -2.14. The van der Waals surface area contributed by atoms with Gasteiger partial charge in [0, 0.05) is 12.6 Å². The van der Waals surface area contributed by atoms with Crippen LogP contribution in [0.1, 0.15) is 25.8 Å². The summed E-state index contributed by atoms with van der Waals surface area (Å²) >= 11 is 0. The van der Waals surface area contributed by atoms with E-state index in [1.807, 2.05) is 26.0 Å². The van der Waals surface area contributed by atoms with E-state index >= 15 is 0 Å². The summed E-state index contributed by atoms with van der Waals surface area (Å²) in [6.07, 6.45) is 0.771. The minimum absolute atomic E-state index is 0.0531. The van der Waals surface area contributed by atoms with Crippen molar-refractivity contribution in [3.8, 4) is 0 Å². The number of hydrogen-bond acceptors (Lipinski definition) is 3. The van der Waals surface area contributed by atoms with E-state index in [0.717, 1.165) is 12.0 Å². The molecule has 0 aromatic heterocycles. The van der Waals surface area contributed by atoms with E-state index in [1.54, 1.807) is 19.2 Å². The summed E-state index contributed by atoms with van der Waals surface area (Å²) in [5, 5.41) is 2.97. The molecule has 0 radical (unpaired) electrons. The van der Waals surface area contributed by atoms with Crippen molar-refractivity contribution in [1.29, 1.82) is 0 Å². The fourth-order valence-corrected chi connectivity index (χ4v) is 3.08. The molecule has 5 heteroatoms. The second-order valence-electron chi connectivity index (χ2n) is 4.07. The summed E-state index contributed by atoms with van der Waals surface area (Å²) < 4.78 is 27.0.